The Hall–Kier alpha value is -2.07. The van der Waals surface area contributed by atoms with Crippen molar-refractivity contribution < 1.29 is 13.2 Å². The number of carbonyl (C=O) groups excluding carboxylic acids is 1. The van der Waals surface area contributed by atoms with Gasteiger partial charge in [0.2, 0.25) is 15.9 Å². The average molecular weight is 438 g/mol. The molecule has 1 aliphatic heterocycles. The first-order chi connectivity index (χ1) is 13.8. The number of likely N-dealkylation sites (tertiary alicyclic amines) is 1. The van der Waals surface area contributed by atoms with E-state index in [4.69, 9.17) is 0 Å². The van der Waals surface area contributed by atoms with E-state index in [1.165, 1.54) is 28.7 Å². The number of sulfonamides is 1. The highest BCUT2D eigenvalue weighted by Gasteiger charge is 2.22. The van der Waals surface area contributed by atoms with Gasteiger partial charge in [-0.25, -0.2) is 8.42 Å². The van der Waals surface area contributed by atoms with Crippen molar-refractivity contribution in [3.8, 4) is 0 Å². The summed E-state index contributed by atoms with van der Waals surface area (Å²) >= 11 is 1.33. The van der Waals surface area contributed by atoms with Crippen LogP contribution in [0, 0.1) is 6.92 Å². The van der Waals surface area contributed by atoms with Gasteiger partial charge in [-0.15, -0.1) is 10.2 Å². The molecule has 1 fully saturated rings. The minimum absolute atomic E-state index is 0.0754. The molecular weight excluding hydrogens is 410 g/mol. The molecule has 2 heterocycles. The van der Waals surface area contributed by atoms with Crippen LogP contribution in [0.4, 0.5) is 5.69 Å². The normalized spacial score (nSPS) is 14.8. The Morgan fingerprint density at radius 3 is 2.41 bits per heavy atom. The summed E-state index contributed by atoms with van der Waals surface area (Å²) in [7, 11) is -1.70. The van der Waals surface area contributed by atoms with Gasteiger partial charge < -0.3 is 9.47 Å². The summed E-state index contributed by atoms with van der Waals surface area (Å²) in [5.74, 6) is 0.931. The summed E-state index contributed by atoms with van der Waals surface area (Å²) in [6, 6.07) is 7.30. The lowest BCUT2D eigenvalue weighted by Crippen LogP contribution is -2.36. The van der Waals surface area contributed by atoms with Gasteiger partial charge in [0.1, 0.15) is 0 Å². The van der Waals surface area contributed by atoms with E-state index in [0.717, 1.165) is 31.5 Å². The molecule has 1 amide bonds. The van der Waals surface area contributed by atoms with E-state index in [0.29, 0.717) is 22.4 Å². The Labute approximate surface area is 176 Å². The van der Waals surface area contributed by atoms with E-state index in [9.17, 15) is 13.2 Å². The van der Waals surface area contributed by atoms with Crippen molar-refractivity contribution in [1.82, 2.24) is 19.7 Å². The van der Waals surface area contributed by atoms with Crippen LogP contribution in [0.15, 0.2) is 29.4 Å². The number of amides is 1. The molecule has 0 aliphatic carbocycles. The quantitative estimate of drug-likeness (QED) is 0.617. The largest absolute Gasteiger partial charge is 0.342 e. The lowest BCUT2D eigenvalue weighted by molar-refractivity contribution is -0.129. The lowest BCUT2D eigenvalue weighted by Gasteiger charge is -2.26. The van der Waals surface area contributed by atoms with Gasteiger partial charge in [-0.2, -0.15) is 0 Å². The number of aryl methyl sites for hydroxylation is 1. The molecule has 158 valence electrons. The molecule has 0 spiro atoms. The predicted octanol–water partition coefficient (Wildman–Crippen LogP) is 2.19. The Morgan fingerprint density at radius 1 is 1.14 bits per heavy atom. The second kappa shape index (κ2) is 9.17. The van der Waals surface area contributed by atoms with Gasteiger partial charge in [-0.05, 0) is 38.3 Å². The summed E-state index contributed by atoms with van der Waals surface area (Å²) in [4.78, 5) is 14.3. The molecular formula is C19H27N5O3S2. The smallest absolute Gasteiger partial charge is 0.233 e. The summed E-state index contributed by atoms with van der Waals surface area (Å²) < 4.78 is 27.7. The molecule has 0 atom stereocenters. The van der Waals surface area contributed by atoms with Gasteiger partial charge in [0.15, 0.2) is 11.0 Å². The topological polar surface area (TPSA) is 88.4 Å². The third-order valence-electron chi connectivity index (χ3n) is 4.97. The Balaban J connectivity index is 1.70. The third kappa shape index (κ3) is 5.51. The highest BCUT2D eigenvalue weighted by atomic mass is 32.2. The van der Waals surface area contributed by atoms with Crippen LogP contribution in [-0.2, 0) is 28.4 Å². The number of hydrogen-bond donors (Lipinski definition) is 0. The predicted molar refractivity (Wildman–Crippen MR) is 114 cm³/mol. The number of anilines is 1. The van der Waals surface area contributed by atoms with Crippen LogP contribution in [0.2, 0.25) is 0 Å². The van der Waals surface area contributed by atoms with Crippen molar-refractivity contribution in [2.24, 2.45) is 7.05 Å². The van der Waals surface area contributed by atoms with Crippen molar-refractivity contribution in [1.29, 1.82) is 0 Å². The van der Waals surface area contributed by atoms with E-state index >= 15 is 0 Å². The van der Waals surface area contributed by atoms with Gasteiger partial charge in [-0.1, -0.05) is 29.5 Å². The van der Waals surface area contributed by atoms with E-state index in [-0.39, 0.29) is 12.5 Å². The fourth-order valence-electron chi connectivity index (χ4n) is 3.21. The Kier molecular flexibility index (Phi) is 6.84. The van der Waals surface area contributed by atoms with Crippen LogP contribution in [0.3, 0.4) is 0 Å². The molecule has 1 aromatic carbocycles. The van der Waals surface area contributed by atoms with Gasteiger partial charge in [0.25, 0.3) is 0 Å². The average Bonchev–Trinajstić information content (AvgIpc) is 3.04. The highest BCUT2D eigenvalue weighted by molar-refractivity contribution is 7.99. The summed E-state index contributed by atoms with van der Waals surface area (Å²) in [5, 5.41) is 8.92. The van der Waals surface area contributed by atoms with Crippen LogP contribution in [0.25, 0.3) is 0 Å². The fraction of sp³-hybridized carbons (Fsp3) is 0.526. The number of aromatic nitrogens is 3. The van der Waals surface area contributed by atoms with Crippen LogP contribution < -0.4 is 4.31 Å². The standard InChI is InChI=1S/C19H27N5O3S2/c1-15-7-9-16(10-8-15)24(29(3,26)27)13-17-20-21-19(22(17)2)28-14-18(25)23-11-5-4-6-12-23/h7-10H,4-6,11-14H2,1-3H3. The van der Waals surface area contributed by atoms with E-state index in [2.05, 4.69) is 10.2 Å². The summed E-state index contributed by atoms with van der Waals surface area (Å²) in [6.45, 7) is 3.67. The zero-order valence-electron chi connectivity index (χ0n) is 17.0. The summed E-state index contributed by atoms with van der Waals surface area (Å²) in [6.07, 6.45) is 4.48. The van der Waals surface area contributed by atoms with E-state index in [1.54, 1.807) is 23.7 Å². The number of carbonyl (C=O) groups is 1. The zero-order valence-corrected chi connectivity index (χ0v) is 18.7. The number of piperidine rings is 1. The van der Waals surface area contributed by atoms with Gasteiger partial charge in [0, 0.05) is 20.1 Å². The van der Waals surface area contributed by atoms with E-state index < -0.39 is 10.0 Å². The fourth-order valence-corrected chi connectivity index (χ4v) is 4.90. The maximum absolute atomic E-state index is 12.4. The first-order valence-corrected chi connectivity index (χ1v) is 12.4. The zero-order chi connectivity index (χ0) is 21.0. The molecule has 0 bridgehead atoms. The Morgan fingerprint density at radius 2 is 1.79 bits per heavy atom. The molecule has 3 rings (SSSR count). The lowest BCUT2D eigenvalue weighted by atomic mass is 10.1. The number of hydrogen-bond acceptors (Lipinski definition) is 6. The van der Waals surface area contributed by atoms with Gasteiger partial charge in [-0.3, -0.25) is 9.10 Å². The second-order valence-corrected chi connectivity index (χ2v) is 10.1. The number of rotatable bonds is 7. The molecule has 1 aromatic heterocycles. The van der Waals surface area contributed by atoms with Gasteiger partial charge >= 0.3 is 0 Å². The third-order valence-corrected chi connectivity index (χ3v) is 7.11. The monoisotopic (exact) mass is 437 g/mol. The highest BCUT2D eigenvalue weighted by Crippen LogP contribution is 2.23. The Bertz CT molecular complexity index is 951. The van der Waals surface area contributed by atoms with Crippen molar-refractivity contribution in [3.63, 3.8) is 0 Å². The molecule has 0 radical (unpaired) electrons. The maximum atomic E-state index is 12.4. The minimum Gasteiger partial charge on any atom is -0.342 e. The summed E-state index contributed by atoms with van der Waals surface area (Å²) in [5.41, 5.74) is 1.63. The SMILES string of the molecule is Cc1ccc(N(Cc2nnc(SCC(=O)N3CCCCC3)n2C)S(C)(=O)=O)cc1. The van der Waals surface area contributed by atoms with Crippen LogP contribution in [0.1, 0.15) is 30.7 Å². The maximum Gasteiger partial charge on any atom is 0.233 e. The molecule has 2 aromatic rings. The number of thioether (sulfide) groups is 1. The molecule has 0 saturated carbocycles. The molecule has 0 unspecified atom stereocenters. The van der Waals surface area contributed by atoms with Crippen molar-refractivity contribution in [2.45, 2.75) is 37.9 Å². The first-order valence-electron chi connectivity index (χ1n) is 9.59. The van der Waals surface area contributed by atoms with Crippen LogP contribution >= 0.6 is 11.8 Å². The molecule has 8 nitrogen and oxygen atoms in total. The number of benzene rings is 1. The molecule has 10 heteroatoms. The van der Waals surface area contributed by atoms with Gasteiger partial charge in [0.05, 0.1) is 24.2 Å². The number of nitrogens with zero attached hydrogens (tertiary/aromatic N) is 5. The second-order valence-electron chi connectivity index (χ2n) is 7.29. The van der Waals surface area contributed by atoms with Crippen LogP contribution in [0.5, 0.6) is 0 Å². The first kappa shape index (κ1) is 21.6. The molecule has 1 saturated heterocycles. The van der Waals surface area contributed by atoms with Crippen LogP contribution in [-0.4, -0.2) is 59.1 Å². The molecule has 29 heavy (non-hydrogen) atoms. The molecule has 0 N–H and O–H groups in total. The molecule has 1 aliphatic rings. The van der Waals surface area contributed by atoms with Crippen molar-refractivity contribution in [2.75, 3.05) is 29.4 Å². The van der Waals surface area contributed by atoms with Crippen molar-refractivity contribution >= 4 is 33.4 Å². The van der Waals surface area contributed by atoms with E-state index in [1.807, 2.05) is 24.0 Å². The minimum atomic E-state index is -3.49. The van der Waals surface area contributed by atoms with Crippen molar-refractivity contribution in [3.05, 3.63) is 35.7 Å².